The highest BCUT2D eigenvalue weighted by atomic mass is 16.6. The Labute approximate surface area is 347 Å². The predicted octanol–water partition coefficient (Wildman–Crippen LogP) is 10.6. The van der Waals surface area contributed by atoms with Crippen molar-refractivity contribution in [2.45, 2.75) is 232 Å². The molecule has 57 heavy (non-hydrogen) atoms. The van der Waals surface area contributed by atoms with Gasteiger partial charge in [0.15, 0.2) is 0 Å². The lowest BCUT2D eigenvalue weighted by Gasteiger charge is -2.55. The third-order valence-electron chi connectivity index (χ3n) is 13.5. The highest BCUT2D eigenvalue weighted by molar-refractivity contribution is 6.05. The van der Waals surface area contributed by atoms with E-state index in [0.29, 0.717) is 38.5 Å². The molecule has 1 aromatic rings. The highest BCUT2D eigenvalue weighted by Gasteiger charge is 2.49. The van der Waals surface area contributed by atoms with Gasteiger partial charge in [0, 0.05) is 71.8 Å². The van der Waals surface area contributed by atoms with E-state index in [1.165, 1.54) is 6.07 Å². The van der Waals surface area contributed by atoms with Crippen LogP contribution in [0.3, 0.4) is 0 Å². The summed E-state index contributed by atoms with van der Waals surface area (Å²) >= 11 is 0. The average molecular weight is 796 g/mol. The lowest BCUT2D eigenvalue weighted by Crippen LogP contribution is -2.62. The van der Waals surface area contributed by atoms with Crippen LogP contribution in [0.5, 0.6) is 0 Å². The molecular weight excluding hydrogens is 715 g/mol. The van der Waals surface area contributed by atoms with Crippen LogP contribution < -0.4 is 0 Å². The molecule has 0 aliphatic carbocycles. The van der Waals surface area contributed by atoms with E-state index >= 15 is 0 Å². The molecule has 3 aliphatic heterocycles. The number of hydrogen-bond donors (Lipinski definition) is 0. The second-order valence-electron chi connectivity index (χ2n) is 21.5. The molecule has 0 radical (unpaired) electrons. The number of likely N-dealkylation sites (tertiary alicyclic amines) is 3. The van der Waals surface area contributed by atoms with E-state index in [4.69, 9.17) is 14.2 Å². The third kappa shape index (κ3) is 11.2. The summed E-state index contributed by atoms with van der Waals surface area (Å²) in [7, 11) is 0. The van der Waals surface area contributed by atoms with E-state index in [9.17, 15) is 14.4 Å². The van der Waals surface area contributed by atoms with Gasteiger partial charge in [-0.05, 0) is 140 Å². The molecule has 0 saturated carbocycles. The number of rotatable bonds is 15. The molecule has 0 aromatic heterocycles. The van der Waals surface area contributed by atoms with E-state index in [1.54, 1.807) is 12.1 Å². The standard InChI is InChI=1S/C48H81N3O6/c1-16-19-24-49-43(4,5)28-35(29-44(49,6)7)55-40(52)34-22-23-38(41(53)56-36-30-45(8,9)50(25-20-17-2)46(10,11)31-36)39(27-34)42(54)57-37-32-47(12,13)51(26-21-18-3)48(14,15)33-37/h22-23,27,35-37H,16-21,24-26,28-33H2,1-15H3. The van der Waals surface area contributed by atoms with E-state index in [1.807, 2.05) is 0 Å². The molecule has 0 unspecified atom stereocenters. The molecule has 1 aromatic carbocycles. The number of ether oxygens (including phenoxy) is 3. The van der Waals surface area contributed by atoms with Gasteiger partial charge in [0.1, 0.15) is 18.3 Å². The van der Waals surface area contributed by atoms with Crippen molar-refractivity contribution in [2.24, 2.45) is 0 Å². The van der Waals surface area contributed by atoms with Crippen molar-refractivity contribution < 1.29 is 28.6 Å². The van der Waals surface area contributed by atoms with Gasteiger partial charge in [0.05, 0.1) is 16.7 Å². The summed E-state index contributed by atoms with van der Waals surface area (Å²) in [4.78, 5) is 50.3. The first-order valence-corrected chi connectivity index (χ1v) is 22.4. The van der Waals surface area contributed by atoms with Crippen LogP contribution in [0.15, 0.2) is 18.2 Å². The summed E-state index contributed by atoms with van der Waals surface area (Å²) in [6, 6.07) is 4.66. The maximum Gasteiger partial charge on any atom is 0.339 e. The van der Waals surface area contributed by atoms with Gasteiger partial charge in [0.25, 0.3) is 0 Å². The minimum atomic E-state index is -0.614. The fraction of sp³-hybridized carbons (Fsp3) is 0.812. The number of benzene rings is 1. The SMILES string of the molecule is CCCCN1C(C)(C)CC(OC(=O)c2ccc(C(=O)OC3CC(C)(C)N(CCCC)C(C)(C)C3)c(C(=O)OC3CC(C)(C)N(CCCC)C(C)(C)C3)c2)CC1(C)C. The normalized spacial score (nSPS) is 23.8. The smallest absolute Gasteiger partial charge is 0.339 e. The minimum absolute atomic E-state index is 0.0485. The maximum atomic E-state index is 14.4. The Morgan fingerprint density at radius 2 is 0.754 bits per heavy atom. The van der Waals surface area contributed by atoms with Crippen molar-refractivity contribution in [1.82, 2.24) is 14.7 Å². The number of unbranched alkanes of at least 4 members (excludes halogenated alkanes) is 3. The molecule has 324 valence electrons. The molecule has 3 heterocycles. The molecular formula is C48H81N3O6. The largest absolute Gasteiger partial charge is 0.459 e. The van der Waals surface area contributed by atoms with E-state index in [0.717, 1.165) is 58.2 Å². The molecule has 3 aliphatic rings. The molecule has 4 rings (SSSR count). The second-order valence-corrected chi connectivity index (χ2v) is 21.5. The zero-order chi connectivity index (χ0) is 42.8. The van der Waals surface area contributed by atoms with Gasteiger partial charge in [0.2, 0.25) is 0 Å². The Hall–Kier alpha value is -2.49. The summed E-state index contributed by atoms with van der Waals surface area (Å²) < 4.78 is 18.9. The highest BCUT2D eigenvalue weighted by Crippen LogP contribution is 2.43. The number of carbonyl (C=O) groups is 3. The van der Waals surface area contributed by atoms with Gasteiger partial charge in [-0.2, -0.15) is 0 Å². The van der Waals surface area contributed by atoms with Crippen molar-refractivity contribution in [1.29, 1.82) is 0 Å². The van der Waals surface area contributed by atoms with Crippen LogP contribution in [0.4, 0.5) is 0 Å². The van der Waals surface area contributed by atoms with Crippen molar-refractivity contribution in [3.63, 3.8) is 0 Å². The minimum Gasteiger partial charge on any atom is -0.459 e. The number of nitrogens with zero attached hydrogens (tertiary/aromatic N) is 3. The molecule has 3 saturated heterocycles. The van der Waals surface area contributed by atoms with Crippen LogP contribution in [-0.2, 0) is 14.2 Å². The van der Waals surface area contributed by atoms with Gasteiger partial charge in [-0.25, -0.2) is 14.4 Å². The van der Waals surface area contributed by atoms with Crippen molar-refractivity contribution in [3.05, 3.63) is 34.9 Å². The molecule has 0 bridgehead atoms. The quantitative estimate of drug-likeness (QED) is 0.127. The van der Waals surface area contributed by atoms with Crippen LogP contribution in [0.1, 0.15) is 212 Å². The van der Waals surface area contributed by atoms with Crippen LogP contribution in [0.2, 0.25) is 0 Å². The van der Waals surface area contributed by atoms with E-state index < -0.39 is 17.9 Å². The predicted molar refractivity (Wildman–Crippen MR) is 231 cm³/mol. The summed E-state index contributed by atoms with van der Waals surface area (Å²) in [5.41, 5.74) is -0.692. The Balaban J connectivity index is 1.63. The molecule has 0 spiro atoms. The number of carbonyl (C=O) groups excluding carboxylic acids is 3. The number of hydrogen-bond acceptors (Lipinski definition) is 9. The van der Waals surface area contributed by atoms with Crippen LogP contribution >= 0.6 is 0 Å². The second kappa shape index (κ2) is 18.0. The average Bonchev–Trinajstić information content (AvgIpc) is 3.05. The molecule has 0 N–H and O–H groups in total. The zero-order valence-electron chi connectivity index (χ0n) is 38.9. The first-order valence-electron chi connectivity index (χ1n) is 22.4. The fourth-order valence-electron chi connectivity index (χ4n) is 11.4. The monoisotopic (exact) mass is 796 g/mol. The fourth-order valence-corrected chi connectivity index (χ4v) is 11.4. The van der Waals surface area contributed by atoms with Gasteiger partial charge in [-0.1, -0.05) is 40.0 Å². The Kier molecular flexibility index (Phi) is 14.9. The van der Waals surface area contributed by atoms with Crippen molar-refractivity contribution in [3.8, 4) is 0 Å². The van der Waals surface area contributed by atoms with Crippen LogP contribution in [0.25, 0.3) is 0 Å². The summed E-state index contributed by atoms with van der Waals surface area (Å²) in [6.45, 7) is 36.3. The van der Waals surface area contributed by atoms with E-state index in [-0.39, 0.29) is 68.2 Å². The lowest BCUT2D eigenvalue weighted by atomic mass is 9.77. The molecule has 9 heteroatoms. The van der Waals surface area contributed by atoms with Gasteiger partial charge >= 0.3 is 17.9 Å². The van der Waals surface area contributed by atoms with Crippen molar-refractivity contribution in [2.75, 3.05) is 19.6 Å². The van der Waals surface area contributed by atoms with Crippen molar-refractivity contribution >= 4 is 17.9 Å². The summed E-state index contributed by atoms with van der Waals surface area (Å²) in [5, 5.41) is 0. The first kappa shape index (κ1) is 47.2. The third-order valence-corrected chi connectivity index (χ3v) is 13.5. The lowest BCUT2D eigenvalue weighted by molar-refractivity contribution is -0.0891. The Morgan fingerprint density at radius 1 is 0.474 bits per heavy atom. The zero-order valence-corrected chi connectivity index (χ0v) is 38.9. The maximum absolute atomic E-state index is 14.4. The van der Waals surface area contributed by atoms with E-state index in [2.05, 4.69) is 119 Å². The summed E-state index contributed by atoms with van der Waals surface area (Å²) in [6.07, 6.45) is 9.78. The van der Waals surface area contributed by atoms with Crippen LogP contribution in [0, 0.1) is 0 Å². The van der Waals surface area contributed by atoms with Gasteiger partial charge < -0.3 is 14.2 Å². The molecule has 0 atom stereocenters. The Morgan fingerprint density at radius 3 is 1.05 bits per heavy atom. The molecule has 3 fully saturated rings. The number of piperidine rings is 3. The Bertz CT molecular complexity index is 1510. The molecule has 9 nitrogen and oxygen atoms in total. The first-order chi connectivity index (χ1) is 26.3. The number of esters is 3. The summed E-state index contributed by atoms with van der Waals surface area (Å²) in [5.74, 6) is -1.69. The van der Waals surface area contributed by atoms with Crippen LogP contribution in [-0.4, -0.2) is 104 Å². The van der Waals surface area contributed by atoms with Gasteiger partial charge in [-0.3, -0.25) is 14.7 Å². The molecule has 0 amide bonds. The topological polar surface area (TPSA) is 88.6 Å². The van der Waals surface area contributed by atoms with Gasteiger partial charge in [-0.15, -0.1) is 0 Å².